The fraction of sp³-hybridized carbons (Fsp3) is 0.0175. The molecule has 5 heteroatoms. The third-order valence-electron chi connectivity index (χ3n) is 12.9. The molecule has 13 rings (SSSR count). The highest BCUT2D eigenvalue weighted by molar-refractivity contribution is 5.97. The van der Waals surface area contributed by atoms with Crippen LogP contribution in [0.15, 0.2) is 212 Å². The van der Waals surface area contributed by atoms with Gasteiger partial charge in [-0.2, -0.15) is 0 Å². The Kier molecular flexibility index (Phi) is 7.45. The number of imidazole rings is 1. The summed E-state index contributed by atoms with van der Waals surface area (Å²) >= 11 is 0. The van der Waals surface area contributed by atoms with Crippen molar-refractivity contribution >= 4 is 16.4 Å². The standard InChI is InChI=1S/C57H35N5/c1-2-16-37(17-3-1)52-53(62-34-13-12-27-51(62)58-52)38-28-30-39(31-29-38)54-59-55(61-56(60-54)46-23-14-18-36-15-4-5-19-41(36)46)40-32-33-45-44-22-8-11-26-49(44)57(50(45)35-40)47-24-9-6-20-42(47)43-21-7-10-25-48(43)57/h1-35H. The monoisotopic (exact) mass is 789 g/mol. The maximum absolute atomic E-state index is 5.33. The Morgan fingerprint density at radius 2 is 0.871 bits per heavy atom. The smallest absolute Gasteiger partial charge is 0.164 e. The van der Waals surface area contributed by atoms with Gasteiger partial charge >= 0.3 is 0 Å². The largest absolute Gasteiger partial charge is 0.299 e. The van der Waals surface area contributed by atoms with Gasteiger partial charge in [-0.25, -0.2) is 19.9 Å². The van der Waals surface area contributed by atoms with Gasteiger partial charge in [0.25, 0.3) is 0 Å². The molecule has 11 aromatic rings. The van der Waals surface area contributed by atoms with Gasteiger partial charge in [0.1, 0.15) is 5.65 Å². The van der Waals surface area contributed by atoms with E-state index in [-0.39, 0.29) is 0 Å². The van der Waals surface area contributed by atoms with E-state index in [0.717, 1.165) is 55.6 Å². The maximum Gasteiger partial charge on any atom is 0.164 e. The summed E-state index contributed by atoms with van der Waals surface area (Å²) in [7, 11) is 0. The van der Waals surface area contributed by atoms with Crippen LogP contribution >= 0.6 is 0 Å². The molecule has 0 amide bonds. The second-order valence-corrected chi connectivity index (χ2v) is 16.2. The van der Waals surface area contributed by atoms with Crippen molar-refractivity contribution in [2.24, 2.45) is 0 Å². The Bertz CT molecular complexity index is 3520. The van der Waals surface area contributed by atoms with Gasteiger partial charge in [0, 0.05) is 34.0 Å². The minimum absolute atomic E-state index is 0.476. The van der Waals surface area contributed by atoms with Crippen LogP contribution in [-0.2, 0) is 5.41 Å². The van der Waals surface area contributed by atoms with Crippen molar-refractivity contribution in [1.82, 2.24) is 24.3 Å². The molecule has 288 valence electrons. The second kappa shape index (κ2) is 13.4. The molecule has 0 saturated heterocycles. The highest BCUT2D eigenvalue weighted by atomic mass is 15.0. The summed E-state index contributed by atoms with van der Waals surface area (Å²) in [6, 6.07) is 73.4. The quantitative estimate of drug-likeness (QED) is 0.174. The van der Waals surface area contributed by atoms with Gasteiger partial charge < -0.3 is 0 Å². The molecule has 0 bridgehead atoms. The summed E-state index contributed by atoms with van der Waals surface area (Å²) < 4.78 is 2.16. The van der Waals surface area contributed by atoms with E-state index in [1.165, 1.54) is 44.5 Å². The first-order chi connectivity index (χ1) is 30.7. The number of nitrogens with zero attached hydrogens (tertiary/aromatic N) is 5. The molecule has 2 aliphatic carbocycles. The van der Waals surface area contributed by atoms with Gasteiger partial charge in [0.05, 0.1) is 16.8 Å². The van der Waals surface area contributed by atoms with Gasteiger partial charge in [-0.3, -0.25) is 4.40 Å². The third kappa shape index (κ3) is 4.96. The lowest BCUT2D eigenvalue weighted by atomic mass is 9.70. The zero-order chi connectivity index (χ0) is 40.8. The molecule has 0 saturated carbocycles. The molecular formula is C57H35N5. The SMILES string of the molecule is c1ccc(-c2nc3ccccn3c2-c2ccc(-c3nc(-c4ccc5c(c4)C4(c6ccccc6-c6ccccc64)c4ccccc4-5)nc(-c4cccc5ccccc45)n3)cc2)cc1. The normalized spacial score (nSPS) is 13.0. The molecule has 3 aromatic heterocycles. The summed E-state index contributed by atoms with van der Waals surface area (Å²) in [6.07, 6.45) is 2.08. The van der Waals surface area contributed by atoms with Crippen molar-refractivity contribution in [3.8, 4) is 78.9 Å². The number of fused-ring (bicyclic) bond motifs is 12. The van der Waals surface area contributed by atoms with E-state index in [4.69, 9.17) is 19.9 Å². The molecule has 0 N–H and O–H groups in total. The van der Waals surface area contributed by atoms with Crippen LogP contribution in [0.25, 0.3) is 95.4 Å². The molecule has 2 aliphatic rings. The van der Waals surface area contributed by atoms with Crippen molar-refractivity contribution in [2.75, 3.05) is 0 Å². The van der Waals surface area contributed by atoms with E-state index >= 15 is 0 Å². The first-order valence-electron chi connectivity index (χ1n) is 21.1. The molecule has 3 heterocycles. The van der Waals surface area contributed by atoms with Crippen LogP contribution in [0.2, 0.25) is 0 Å². The number of pyridine rings is 1. The van der Waals surface area contributed by atoms with E-state index in [0.29, 0.717) is 17.5 Å². The molecule has 0 radical (unpaired) electrons. The predicted octanol–water partition coefficient (Wildman–Crippen LogP) is 13.4. The first-order valence-corrected chi connectivity index (χ1v) is 21.1. The number of hydrogen-bond acceptors (Lipinski definition) is 4. The van der Waals surface area contributed by atoms with Crippen LogP contribution in [0, 0.1) is 0 Å². The minimum atomic E-state index is -0.476. The van der Waals surface area contributed by atoms with Gasteiger partial charge in [0.15, 0.2) is 17.5 Å². The van der Waals surface area contributed by atoms with Crippen molar-refractivity contribution in [2.45, 2.75) is 5.41 Å². The molecule has 62 heavy (non-hydrogen) atoms. The van der Waals surface area contributed by atoms with Crippen molar-refractivity contribution < 1.29 is 0 Å². The van der Waals surface area contributed by atoms with Gasteiger partial charge in [0.2, 0.25) is 0 Å². The summed E-state index contributed by atoms with van der Waals surface area (Å²) in [6.45, 7) is 0. The summed E-state index contributed by atoms with van der Waals surface area (Å²) in [5.74, 6) is 1.87. The van der Waals surface area contributed by atoms with Crippen LogP contribution in [0.4, 0.5) is 0 Å². The lowest BCUT2D eigenvalue weighted by Gasteiger charge is -2.30. The number of benzene rings is 8. The van der Waals surface area contributed by atoms with Crippen molar-refractivity contribution in [1.29, 1.82) is 0 Å². The zero-order valence-electron chi connectivity index (χ0n) is 33.4. The Labute approximate surface area is 358 Å². The average Bonchev–Trinajstić information content (AvgIpc) is 3.98. The summed E-state index contributed by atoms with van der Waals surface area (Å²) in [4.78, 5) is 21.0. The first kappa shape index (κ1) is 34.6. The molecular weight excluding hydrogens is 755 g/mol. The minimum Gasteiger partial charge on any atom is -0.299 e. The topological polar surface area (TPSA) is 56.0 Å². The predicted molar refractivity (Wildman–Crippen MR) is 250 cm³/mol. The molecule has 5 nitrogen and oxygen atoms in total. The molecule has 1 spiro atoms. The average molecular weight is 790 g/mol. The molecule has 8 aromatic carbocycles. The second-order valence-electron chi connectivity index (χ2n) is 16.2. The third-order valence-corrected chi connectivity index (χ3v) is 12.9. The van der Waals surface area contributed by atoms with Crippen LogP contribution in [-0.4, -0.2) is 24.3 Å². The number of aromatic nitrogens is 5. The lowest BCUT2D eigenvalue weighted by molar-refractivity contribution is 0.794. The number of hydrogen-bond donors (Lipinski definition) is 0. The van der Waals surface area contributed by atoms with Gasteiger partial charge in [-0.15, -0.1) is 0 Å². The molecule has 0 unspecified atom stereocenters. The zero-order valence-corrected chi connectivity index (χ0v) is 33.4. The molecule has 0 fully saturated rings. The maximum atomic E-state index is 5.33. The Morgan fingerprint density at radius 3 is 1.60 bits per heavy atom. The Balaban J connectivity index is 1.01. The lowest BCUT2D eigenvalue weighted by Crippen LogP contribution is -2.25. The van der Waals surface area contributed by atoms with E-state index in [2.05, 4.69) is 199 Å². The number of rotatable bonds is 5. The molecule has 0 atom stereocenters. The fourth-order valence-electron chi connectivity index (χ4n) is 10.3. The van der Waals surface area contributed by atoms with E-state index in [1.54, 1.807) is 0 Å². The van der Waals surface area contributed by atoms with E-state index < -0.39 is 5.41 Å². The van der Waals surface area contributed by atoms with E-state index in [9.17, 15) is 0 Å². The van der Waals surface area contributed by atoms with Crippen LogP contribution in [0.1, 0.15) is 22.3 Å². The Morgan fingerprint density at radius 1 is 0.339 bits per heavy atom. The van der Waals surface area contributed by atoms with Crippen molar-refractivity contribution in [3.05, 3.63) is 235 Å². The van der Waals surface area contributed by atoms with Crippen LogP contribution < -0.4 is 0 Å². The van der Waals surface area contributed by atoms with Crippen molar-refractivity contribution in [3.63, 3.8) is 0 Å². The van der Waals surface area contributed by atoms with Gasteiger partial charge in [-0.1, -0.05) is 188 Å². The highest BCUT2D eigenvalue weighted by Crippen LogP contribution is 2.63. The van der Waals surface area contributed by atoms with E-state index in [1.807, 2.05) is 18.2 Å². The summed E-state index contributed by atoms with van der Waals surface area (Å²) in [5.41, 5.74) is 17.5. The summed E-state index contributed by atoms with van der Waals surface area (Å²) in [5, 5.41) is 2.23. The van der Waals surface area contributed by atoms with Crippen LogP contribution in [0.3, 0.4) is 0 Å². The molecule has 0 aliphatic heterocycles. The highest BCUT2D eigenvalue weighted by Gasteiger charge is 2.51. The van der Waals surface area contributed by atoms with Crippen LogP contribution in [0.5, 0.6) is 0 Å². The fourth-order valence-corrected chi connectivity index (χ4v) is 10.3. The Hall–Kier alpha value is -8.28. The van der Waals surface area contributed by atoms with Gasteiger partial charge in [-0.05, 0) is 73.5 Å².